The van der Waals surface area contributed by atoms with Gasteiger partial charge in [-0.2, -0.15) is 0 Å². The molecule has 0 saturated carbocycles. The second-order valence-corrected chi connectivity index (χ2v) is 4.97. The highest BCUT2D eigenvalue weighted by molar-refractivity contribution is 8.00. The molecule has 0 aliphatic heterocycles. The zero-order valence-corrected chi connectivity index (χ0v) is 9.73. The van der Waals surface area contributed by atoms with E-state index in [4.69, 9.17) is 20.1 Å². The van der Waals surface area contributed by atoms with E-state index in [-0.39, 0.29) is 5.69 Å². The molecule has 2 heterocycles. The van der Waals surface area contributed by atoms with Crippen LogP contribution in [-0.2, 0) is 5.70 Å². The lowest BCUT2D eigenvalue weighted by Crippen LogP contribution is -1.85. The van der Waals surface area contributed by atoms with Crippen molar-refractivity contribution >= 4 is 39.8 Å². The van der Waals surface area contributed by atoms with Crippen LogP contribution in [0.5, 0.6) is 0 Å². The molecule has 0 spiro atoms. The van der Waals surface area contributed by atoms with Gasteiger partial charge in [0.1, 0.15) is 0 Å². The van der Waals surface area contributed by atoms with Gasteiger partial charge >= 0.3 is 0 Å². The molecule has 2 aromatic heterocycles. The van der Waals surface area contributed by atoms with Crippen LogP contribution in [0.3, 0.4) is 0 Å². The Labute approximate surface area is 103 Å². The average Bonchev–Trinajstić information content (AvgIpc) is 2.63. The lowest BCUT2D eigenvalue weighted by atomic mass is 10.4. The molecule has 7 heteroatoms. The Hall–Kier alpha value is -0.850. The summed E-state index contributed by atoms with van der Waals surface area (Å²) in [5, 5.41) is 8.16. The third-order valence-electron chi connectivity index (χ3n) is 1.39. The minimum absolute atomic E-state index is 0.278. The van der Waals surface area contributed by atoms with Crippen molar-refractivity contribution in [2.45, 2.75) is 10.0 Å². The number of nitrogens with zero attached hydrogens (tertiary/aromatic N) is 3. The van der Waals surface area contributed by atoms with Crippen molar-refractivity contribution in [1.82, 2.24) is 15.2 Å². The quantitative estimate of drug-likeness (QED) is 0.859. The Bertz CT molecular complexity index is 516. The molecule has 0 bridgehead atoms. The van der Waals surface area contributed by atoms with Crippen molar-refractivity contribution in [2.75, 3.05) is 5.73 Å². The Balaban J connectivity index is 2.21. The number of halogens is 1. The number of anilines is 1. The molecule has 15 heavy (non-hydrogen) atoms. The molecule has 0 aromatic carbocycles. The summed E-state index contributed by atoms with van der Waals surface area (Å²) in [6, 6.07) is 3.14. The van der Waals surface area contributed by atoms with Gasteiger partial charge in [0.05, 0.1) is 10.7 Å². The molecule has 0 amide bonds. The fourth-order valence-corrected chi connectivity index (χ4v) is 2.19. The predicted octanol–water partition coefficient (Wildman–Crippen LogP) is 2.46. The fourth-order valence-electron chi connectivity index (χ4n) is 0.794. The number of pyridine rings is 1. The summed E-state index contributed by atoms with van der Waals surface area (Å²) in [4.78, 5) is 3.95. The van der Waals surface area contributed by atoms with Gasteiger partial charge in [0, 0.05) is 14.6 Å². The Kier molecular flexibility index (Phi) is 2.65. The van der Waals surface area contributed by atoms with Gasteiger partial charge < -0.3 is 5.73 Å². The topological polar surface area (TPSA) is 64.7 Å². The molecule has 0 atom stereocenters. The van der Waals surface area contributed by atoms with Gasteiger partial charge in [-0.05, 0) is 12.1 Å². The van der Waals surface area contributed by atoms with Crippen LogP contribution in [0.1, 0.15) is 8.44 Å². The van der Waals surface area contributed by atoms with E-state index in [1.807, 2.05) is 0 Å². The van der Waals surface area contributed by atoms with Crippen LogP contribution in [-0.4, -0.2) is 15.2 Å². The molecule has 0 fully saturated rings. The van der Waals surface area contributed by atoms with Gasteiger partial charge in [-0.3, -0.25) is 4.98 Å². The Morgan fingerprint density at radius 1 is 1.53 bits per heavy atom. The number of thioether (sulfide) groups is 1. The first-order valence-corrected chi connectivity index (χ1v) is 5.88. The molecule has 0 aliphatic carbocycles. The largest absolute Gasteiger partial charge is 0.374 e. The third-order valence-corrected chi connectivity index (χ3v) is 3.23. The van der Waals surface area contributed by atoms with Crippen LogP contribution in [0.2, 0.25) is 5.02 Å². The van der Waals surface area contributed by atoms with Crippen molar-refractivity contribution in [3.05, 3.63) is 29.0 Å². The maximum Gasteiger partial charge on any atom is 0.203 e. The van der Waals surface area contributed by atoms with E-state index in [0.29, 0.717) is 14.5 Å². The summed E-state index contributed by atoms with van der Waals surface area (Å²) in [6.07, 6.45) is 1.41. The summed E-state index contributed by atoms with van der Waals surface area (Å²) in [5.74, 6) is 0. The van der Waals surface area contributed by atoms with E-state index in [9.17, 15) is 0 Å². The first kappa shape index (κ1) is 8.32. The fraction of sp³-hybridized carbons (Fsp3) is 0.125. The SMILES string of the molecule is [2H]C([2H])(Sc1nnc(N)s1)c1ccc(Cl)cn1. The molecule has 2 aromatic rings. The normalized spacial score (nSPS) is 13.4. The molecule has 2 N–H and O–H groups in total. The molecule has 0 saturated heterocycles. The lowest BCUT2D eigenvalue weighted by molar-refractivity contribution is 1.01. The number of aromatic nitrogens is 3. The summed E-state index contributed by atoms with van der Waals surface area (Å²) >= 11 is 7.75. The predicted molar refractivity (Wildman–Crippen MR) is 63.1 cm³/mol. The van der Waals surface area contributed by atoms with Gasteiger partial charge in [-0.15, -0.1) is 10.2 Å². The molecule has 4 nitrogen and oxygen atoms in total. The van der Waals surface area contributed by atoms with E-state index in [0.717, 1.165) is 23.1 Å². The maximum atomic E-state index is 7.91. The molecule has 0 aliphatic rings. The highest BCUT2D eigenvalue weighted by atomic mass is 35.5. The second kappa shape index (κ2) is 4.78. The minimum Gasteiger partial charge on any atom is -0.374 e. The zero-order chi connectivity index (χ0) is 12.5. The first-order chi connectivity index (χ1) is 7.97. The Morgan fingerprint density at radius 2 is 2.40 bits per heavy atom. The van der Waals surface area contributed by atoms with E-state index in [1.165, 1.54) is 6.20 Å². The van der Waals surface area contributed by atoms with Gasteiger partial charge in [0.15, 0.2) is 4.34 Å². The van der Waals surface area contributed by atoms with Crippen LogP contribution < -0.4 is 5.73 Å². The molecule has 78 valence electrons. The van der Waals surface area contributed by atoms with Crippen LogP contribution in [0.25, 0.3) is 0 Å². The van der Waals surface area contributed by atoms with Crippen molar-refractivity contribution in [3.8, 4) is 0 Å². The summed E-state index contributed by atoms with van der Waals surface area (Å²) < 4.78 is 16.3. The van der Waals surface area contributed by atoms with Crippen LogP contribution in [0.15, 0.2) is 22.7 Å². The number of nitrogen functional groups attached to an aromatic ring is 1. The Morgan fingerprint density at radius 3 is 3.00 bits per heavy atom. The number of hydrogen-bond donors (Lipinski definition) is 1. The van der Waals surface area contributed by atoms with Crippen LogP contribution >= 0.6 is 34.7 Å². The summed E-state index contributed by atoms with van der Waals surface area (Å²) in [5.41, 5.74) is 4.01. The second-order valence-electron chi connectivity index (χ2n) is 2.47. The van der Waals surface area contributed by atoms with E-state index in [2.05, 4.69) is 15.2 Å². The standard InChI is InChI=1S/C8H7ClN4S2/c9-5-1-2-6(11-3-5)4-14-8-13-12-7(10)15-8/h1-3H,4H2,(H2,10,12)/i4D2. The van der Waals surface area contributed by atoms with Crippen LogP contribution in [0.4, 0.5) is 5.13 Å². The van der Waals surface area contributed by atoms with Crippen molar-refractivity contribution in [2.24, 2.45) is 0 Å². The van der Waals surface area contributed by atoms with Gasteiger partial charge in [-0.1, -0.05) is 34.7 Å². The number of nitrogens with two attached hydrogens (primary N) is 1. The highest BCUT2D eigenvalue weighted by Gasteiger charge is 2.02. The lowest BCUT2D eigenvalue weighted by Gasteiger charge is -1.97. The minimum atomic E-state index is -1.70. The smallest absolute Gasteiger partial charge is 0.203 e. The summed E-state index contributed by atoms with van der Waals surface area (Å²) in [6.45, 7) is 0. The monoisotopic (exact) mass is 260 g/mol. The van der Waals surface area contributed by atoms with Gasteiger partial charge in [-0.25, -0.2) is 0 Å². The number of rotatable bonds is 3. The van der Waals surface area contributed by atoms with Gasteiger partial charge in [0.25, 0.3) is 0 Å². The third kappa shape index (κ3) is 3.05. The van der Waals surface area contributed by atoms with Gasteiger partial charge in [0.2, 0.25) is 5.13 Å². The average molecular weight is 261 g/mol. The molecule has 0 radical (unpaired) electrons. The maximum absolute atomic E-state index is 7.91. The zero-order valence-electron chi connectivity index (χ0n) is 9.35. The first-order valence-electron chi connectivity index (χ1n) is 4.87. The molecule has 0 unspecified atom stereocenters. The van der Waals surface area contributed by atoms with Crippen molar-refractivity contribution in [3.63, 3.8) is 0 Å². The van der Waals surface area contributed by atoms with Crippen molar-refractivity contribution in [1.29, 1.82) is 0 Å². The molecular weight excluding hydrogens is 252 g/mol. The van der Waals surface area contributed by atoms with E-state index in [1.54, 1.807) is 12.1 Å². The van der Waals surface area contributed by atoms with Crippen molar-refractivity contribution < 1.29 is 2.74 Å². The van der Waals surface area contributed by atoms with E-state index < -0.39 is 5.70 Å². The highest BCUT2D eigenvalue weighted by Crippen LogP contribution is 2.26. The number of hydrogen-bond acceptors (Lipinski definition) is 6. The molecular formula is C8H7ClN4S2. The molecule has 2 rings (SSSR count). The summed E-state index contributed by atoms with van der Waals surface area (Å²) in [7, 11) is 0. The van der Waals surface area contributed by atoms with Crippen LogP contribution in [0, 0.1) is 0 Å². The van der Waals surface area contributed by atoms with E-state index >= 15 is 0 Å².